The lowest BCUT2D eigenvalue weighted by atomic mass is 10.4. The molecule has 110 valence electrons. The predicted octanol–water partition coefficient (Wildman–Crippen LogP) is 0.212. The molecule has 2 aromatic rings. The minimum atomic E-state index is -3.66. The Bertz CT molecular complexity index is 689. The summed E-state index contributed by atoms with van der Waals surface area (Å²) >= 11 is 0. The molecule has 0 saturated heterocycles. The smallest absolute Gasteiger partial charge is 0.244 e. The van der Waals surface area contributed by atoms with E-state index in [2.05, 4.69) is 25.4 Å². The Morgan fingerprint density at radius 1 is 1.35 bits per heavy atom. The molecule has 2 aromatic heterocycles. The monoisotopic (exact) mass is 299 g/mol. The van der Waals surface area contributed by atoms with E-state index in [0.717, 1.165) is 0 Å². The second kappa shape index (κ2) is 5.73. The SMILES string of the molecule is CNCc1n[nH]c(C)c1S(=O)(=O)NCc1cc(C)no1. The number of aromatic amines is 1. The molecular weight excluding hydrogens is 282 g/mol. The van der Waals surface area contributed by atoms with Crippen LogP contribution in [0, 0.1) is 13.8 Å². The summed E-state index contributed by atoms with van der Waals surface area (Å²) in [5.41, 5.74) is 1.65. The first-order valence-electron chi connectivity index (χ1n) is 6.04. The number of hydrogen-bond donors (Lipinski definition) is 3. The first kappa shape index (κ1) is 14.7. The fourth-order valence-electron chi connectivity index (χ4n) is 1.85. The molecule has 0 aliphatic rings. The second-order valence-electron chi connectivity index (χ2n) is 4.41. The van der Waals surface area contributed by atoms with E-state index >= 15 is 0 Å². The number of rotatable bonds is 6. The first-order chi connectivity index (χ1) is 9.44. The molecule has 0 bridgehead atoms. The Kier molecular flexibility index (Phi) is 4.21. The van der Waals surface area contributed by atoms with Crippen molar-refractivity contribution < 1.29 is 12.9 Å². The van der Waals surface area contributed by atoms with Gasteiger partial charge in [-0.1, -0.05) is 5.16 Å². The van der Waals surface area contributed by atoms with Gasteiger partial charge in [-0.15, -0.1) is 0 Å². The van der Waals surface area contributed by atoms with Gasteiger partial charge in [-0.25, -0.2) is 13.1 Å². The number of aromatic nitrogens is 3. The van der Waals surface area contributed by atoms with Gasteiger partial charge in [0.25, 0.3) is 0 Å². The van der Waals surface area contributed by atoms with Crippen molar-refractivity contribution in [3.63, 3.8) is 0 Å². The molecule has 0 unspecified atom stereocenters. The van der Waals surface area contributed by atoms with Crippen molar-refractivity contribution in [2.24, 2.45) is 0 Å². The Labute approximate surface area is 117 Å². The van der Waals surface area contributed by atoms with Crippen LogP contribution in [-0.2, 0) is 23.1 Å². The van der Waals surface area contributed by atoms with Gasteiger partial charge in [-0.05, 0) is 20.9 Å². The van der Waals surface area contributed by atoms with E-state index in [0.29, 0.717) is 29.4 Å². The highest BCUT2D eigenvalue weighted by molar-refractivity contribution is 7.89. The topological polar surface area (TPSA) is 113 Å². The van der Waals surface area contributed by atoms with E-state index in [9.17, 15) is 8.42 Å². The van der Waals surface area contributed by atoms with E-state index in [-0.39, 0.29) is 11.4 Å². The maximum atomic E-state index is 12.3. The van der Waals surface area contributed by atoms with Crippen LogP contribution in [0.4, 0.5) is 0 Å². The van der Waals surface area contributed by atoms with Gasteiger partial charge < -0.3 is 9.84 Å². The maximum absolute atomic E-state index is 12.3. The average Bonchev–Trinajstić information content (AvgIpc) is 2.95. The molecule has 0 saturated carbocycles. The highest BCUT2D eigenvalue weighted by Gasteiger charge is 2.24. The molecule has 2 heterocycles. The van der Waals surface area contributed by atoms with Gasteiger partial charge in [-0.2, -0.15) is 5.10 Å². The molecule has 2 rings (SSSR count). The number of sulfonamides is 1. The number of hydrogen-bond acceptors (Lipinski definition) is 6. The molecule has 20 heavy (non-hydrogen) atoms. The van der Waals surface area contributed by atoms with E-state index < -0.39 is 10.0 Å². The summed E-state index contributed by atoms with van der Waals surface area (Å²) < 4.78 is 32.1. The average molecular weight is 299 g/mol. The van der Waals surface area contributed by atoms with Gasteiger partial charge in [0, 0.05) is 12.6 Å². The highest BCUT2D eigenvalue weighted by atomic mass is 32.2. The summed E-state index contributed by atoms with van der Waals surface area (Å²) in [4.78, 5) is 0.170. The molecule has 0 aliphatic carbocycles. The third-order valence-electron chi connectivity index (χ3n) is 2.69. The van der Waals surface area contributed by atoms with Crippen LogP contribution in [0.2, 0.25) is 0 Å². The molecule has 0 radical (unpaired) electrons. The minimum Gasteiger partial charge on any atom is -0.360 e. The Morgan fingerprint density at radius 3 is 2.70 bits per heavy atom. The number of nitrogens with zero attached hydrogens (tertiary/aromatic N) is 2. The summed E-state index contributed by atoms with van der Waals surface area (Å²) in [5.74, 6) is 0.461. The van der Waals surface area contributed by atoms with Crippen LogP contribution in [0.25, 0.3) is 0 Å². The molecule has 0 aromatic carbocycles. The Hall–Kier alpha value is -1.71. The normalized spacial score (nSPS) is 11.9. The van der Waals surface area contributed by atoms with Crippen molar-refractivity contribution in [1.29, 1.82) is 0 Å². The van der Waals surface area contributed by atoms with Crippen molar-refractivity contribution in [2.75, 3.05) is 7.05 Å². The van der Waals surface area contributed by atoms with Gasteiger partial charge in [0.2, 0.25) is 10.0 Å². The molecule has 0 amide bonds. The van der Waals surface area contributed by atoms with Gasteiger partial charge in [0.05, 0.1) is 23.6 Å². The quantitative estimate of drug-likeness (QED) is 0.703. The van der Waals surface area contributed by atoms with Crippen molar-refractivity contribution in [3.05, 3.63) is 28.9 Å². The lowest BCUT2D eigenvalue weighted by Crippen LogP contribution is -2.25. The molecule has 0 atom stereocenters. The lowest BCUT2D eigenvalue weighted by molar-refractivity contribution is 0.377. The number of nitrogens with one attached hydrogen (secondary N) is 3. The fourth-order valence-corrected chi connectivity index (χ4v) is 3.20. The zero-order valence-corrected chi connectivity index (χ0v) is 12.3. The summed E-state index contributed by atoms with van der Waals surface area (Å²) in [7, 11) is -1.93. The van der Waals surface area contributed by atoms with Crippen LogP contribution in [0.3, 0.4) is 0 Å². The maximum Gasteiger partial charge on any atom is 0.244 e. The third-order valence-corrected chi connectivity index (χ3v) is 4.29. The standard InChI is InChI=1S/C11H17N5O3S/c1-7-4-9(19-16-7)5-13-20(17,18)11-8(2)14-15-10(11)6-12-3/h4,12-13H,5-6H2,1-3H3,(H,14,15). The predicted molar refractivity (Wildman–Crippen MR) is 71.4 cm³/mol. The zero-order chi connectivity index (χ0) is 14.8. The summed E-state index contributed by atoms with van der Waals surface area (Å²) in [6.07, 6.45) is 0. The van der Waals surface area contributed by atoms with Crippen molar-refractivity contribution in [2.45, 2.75) is 31.8 Å². The molecular formula is C11H17N5O3S. The highest BCUT2D eigenvalue weighted by Crippen LogP contribution is 2.17. The molecule has 0 aliphatic heterocycles. The van der Waals surface area contributed by atoms with Crippen LogP contribution in [0.1, 0.15) is 22.8 Å². The van der Waals surface area contributed by atoms with Crippen LogP contribution in [0.15, 0.2) is 15.5 Å². The lowest BCUT2D eigenvalue weighted by Gasteiger charge is -2.06. The second-order valence-corrected chi connectivity index (χ2v) is 6.12. The molecule has 9 heteroatoms. The zero-order valence-electron chi connectivity index (χ0n) is 11.5. The van der Waals surface area contributed by atoms with Crippen LogP contribution in [0.5, 0.6) is 0 Å². The van der Waals surface area contributed by atoms with Gasteiger partial charge in [0.15, 0.2) is 5.76 Å². The van der Waals surface area contributed by atoms with E-state index in [4.69, 9.17) is 4.52 Å². The summed E-state index contributed by atoms with van der Waals surface area (Å²) in [6.45, 7) is 3.85. The molecule has 0 fully saturated rings. The van der Waals surface area contributed by atoms with Gasteiger partial charge >= 0.3 is 0 Å². The Balaban J connectivity index is 2.20. The van der Waals surface area contributed by atoms with E-state index in [1.165, 1.54) is 0 Å². The first-order valence-corrected chi connectivity index (χ1v) is 7.52. The van der Waals surface area contributed by atoms with Crippen molar-refractivity contribution >= 4 is 10.0 Å². The van der Waals surface area contributed by atoms with Crippen molar-refractivity contribution in [3.8, 4) is 0 Å². The summed E-state index contributed by atoms with van der Waals surface area (Å²) in [5, 5.41) is 13.3. The van der Waals surface area contributed by atoms with Crippen molar-refractivity contribution in [1.82, 2.24) is 25.4 Å². The number of H-pyrrole nitrogens is 1. The molecule has 3 N–H and O–H groups in total. The van der Waals surface area contributed by atoms with Gasteiger partial charge in [0.1, 0.15) is 4.90 Å². The number of aryl methyl sites for hydroxylation is 2. The Morgan fingerprint density at radius 2 is 2.10 bits per heavy atom. The van der Waals surface area contributed by atoms with Crippen LogP contribution in [-0.4, -0.2) is 30.8 Å². The molecule has 0 spiro atoms. The van der Waals surface area contributed by atoms with Crippen LogP contribution >= 0.6 is 0 Å². The van der Waals surface area contributed by atoms with Crippen LogP contribution < -0.4 is 10.0 Å². The summed E-state index contributed by atoms with van der Waals surface area (Å²) in [6, 6.07) is 1.68. The fraction of sp³-hybridized carbons (Fsp3) is 0.455. The minimum absolute atomic E-state index is 0.0484. The van der Waals surface area contributed by atoms with Gasteiger partial charge in [-0.3, -0.25) is 5.10 Å². The van der Waals surface area contributed by atoms with E-state index in [1.807, 2.05) is 0 Å². The molecule has 8 nitrogen and oxygen atoms in total. The largest absolute Gasteiger partial charge is 0.360 e. The third kappa shape index (κ3) is 3.06. The van der Waals surface area contributed by atoms with E-state index in [1.54, 1.807) is 27.0 Å².